The van der Waals surface area contributed by atoms with Crippen molar-refractivity contribution in [2.75, 3.05) is 33.0 Å². The van der Waals surface area contributed by atoms with Crippen LogP contribution in [0.15, 0.2) is 0 Å². The number of hydrogen-bond acceptors (Lipinski definition) is 6. The Kier molecular flexibility index (Phi) is 6.81. The number of rotatable bonds is 5. The molecule has 1 saturated heterocycles. The van der Waals surface area contributed by atoms with Crippen molar-refractivity contribution in [2.24, 2.45) is 5.92 Å². The molecule has 0 aliphatic carbocycles. The monoisotopic (exact) mass is 281 g/mol. The van der Waals surface area contributed by atoms with Crippen LogP contribution in [0.25, 0.3) is 0 Å². The van der Waals surface area contributed by atoms with Gasteiger partial charge in [0.25, 0.3) is 0 Å². The zero-order valence-electron chi connectivity index (χ0n) is 10.6. The van der Waals surface area contributed by atoms with Crippen molar-refractivity contribution < 1.29 is 28.6 Å². The van der Waals surface area contributed by atoms with Crippen LogP contribution in [-0.4, -0.2) is 59.8 Å². The van der Waals surface area contributed by atoms with Gasteiger partial charge in [-0.15, -0.1) is 0 Å². The summed E-state index contributed by atoms with van der Waals surface area (Å²) in [5.41, 5.74) is 0. The van der Waals surface area contributed by atoms with E-state index in [0.29, 0.717) is 26.4 Å². The Hall–Kier alpha value is -0.460. The molecule has 1 aliphatic rings. The molecule has 0 aromatic rings. The zero-order valence-corrected chi connectivity index (χ0v) is 11.5. The molecule has 1 aliphatic heterocycles. The maximum Gasteiger partial charge on any atom is 0.410 e. The van der Waals surface area contributed by atoms with Crippen molar-refractivity contribution in [3.05, 3.63) is 0 Å². The molecule has 7 nitrogen and oxygen atoms in total. The SMILES string of the molecule is CC(C)COC(=O)N1CCOCC1COP(O)O. The van der Waals surface area contributed by atoms with Crippen LogP contribution in [0.3, 0.4) is 0 Å². The summed E-state index contributed by atoms with van der Waals surface area (Å²) in [6.45, 7) is 5.46. The van der Waals surface area contributed by atoms with E-state index in [-0.39, 0.29) is 18.6 Å². The minimum absolute atomic E-state index is 0.0233. The molecule has 1 rings (SSSR count). The standard InChI is InChI=1S/C10H20NO6P/c1-8(2)5-16-10(12)11-3-4-15-6-9(11)7-17-18(13)14/h8-9,13-14H,3-7H2,1-2H3. The van der Waals surface area contributed by atoms with Crippen molar-refractivity contribution >= 4 is 14.7 Å². The molecule has 18 heavy (non-hydrogen) atoms. The number of amides is 1. The van der Waals surface area contributed by atoms with Gasteiger partial charge in [-0.3, -0.25) is 4.90 Å². The van der Waals surface area contributed by atoms with Crippen LogP contribution in [0, 0.1) is 5.92 Å². The van der Waals surface area contributed by atoms with Crippen LogP contribution in [-0.2, 0) is 14.0 Å². The van der Waals surface area contributed by atoms with Crippen LogP contribution < -0.4 is 0 Å². The van der Waals surface area contributed by atoms with Gasteiger partial charge in [0.15, 0.2) is 0 Å². The van der Waals surface area contributed by atoms with E-state index in [2.05, 4.69) is 0 Å². The second-order valence-corrected chi connectivity index (χ2v) is 5.21. The topological polar surface area (TPSA) is 88.5 Å². The van der Waals surface area contributed by atoms with E-state index >= 15 is 0 Å². The normalized spacial score (nSPS) is 20.6. The maximum absolute atomic E-state index is 11.8. The van der Waals surface area contributed by atoms with Crippen LogP contribution in [0.1, 0.15) is 13.8 Å². The highest BCUT2D eigenvalue weighted by molar-refractivity contribution is 7.39. The summed E-state index contributed by atoms with van der Waals surface area (Å²) in [5.74, 6) is 0.271. The molecule has 1 fully saturated rings. The van der Waals surface area contributed by atoms with Crippen molar-refractivity contribution in [3.8, 4) is 0 Å². The molecule has 8 heteroatoms. The van der Waals surface area contributed by atoms with E-state index in [4.69, 9.17) is 23.8 Å². The van der Waals surface area contributed by atoms with Gasteiger partial charge in [0.2, 0.25) is 0 Å². The lowest BCUT2D eigenvalue weighted by molar-refractivity contribution is -0.0252. The Morgan fingerprint density at radius 3 is 2.89 bits per heavy atom. The lowest BCUT2D eigenvalue weighted by atomic mass is 10.2. The number of carbonyl (C=O) groups excluding carboxylic acids is 1. The third-order valence-electron chi connectivity index (χ3n) is 2.38. The highest BCUT2D eigenvalue weighted by Crippen LogP contribution is 2.25. The highest BCUT2D eigenvalue weighted by atomic mass is 31.2. The Balaban J connectivity index is 2.45. The first-order valence-electron chi connectivity index (χ1n) is 5.82. The summed E-state index contributed by atoms with van der Waals surface area (Å²) in [7, 11) is -2.42. The molecule has 0 bridgehead atoms. The number of carbonyl (C=O) groups is 1. The lowest BCUT2D eigenvalue weighted by Gasteiger charge is -2.34. The molecule has 2 N–H and O–H groups in total. The smallest absolute Gasteiger partial charge is 0.410 e. The fourth-order valence-corrected chi connectivity index (χ4v) is 1.81. The third kappa shape index (κ3) is 5.46. The molecule has 1 heterocycles. The quantitative estimate of drug-likeness (QED) is 0.721. The van der Waals surface area contributed by atoms with Crippen molar-refractivity contribution in [1.29, 1.82) is 0 Å². The van der Waals surface area contributed by atoms with Gasteiger partial charge in [0.1, 0.15) is 0 Å². The van der Waals surface area contributed by atoms with Gasteiger partial charge >= 0.3 is 14.7 Å². The van der Waals surface area contributed by atoms with Gasteiger partial charge in [0, 0.05) is 6.54 Å². The molecule has 0 aromatic heterocycles. The molecule has 1 amide bonds. The molecule has 1 atom stereocenters. The Morgan fingerprint density at radius 1 is 1.56 bits per heavy atom. The van der Waals surface area contributed by atoms with Gasteiger partial charge in [0.05, 0.1) is 32.5 Å². The fraction of sp³-hybridized carbons (Fsp3) is 0.900. The van der Waals surface area contributed by atoms with Gasteiger partial charge in [-0.2, -0.15) is 0 Å². The van der Waals surface area contributed by atoms with Gasteiger partial charge in [-0.25, -0.2) is 4.79 Å². The molecular weight excluding hydrogens is 261 g/mol. The maximum atomic E-state index is 11.8. The van der Waals surface area contributed by atoms with Crippen molar-refractivity contribution in [1.82, 2.24) is 4.90 Å². The van der Waals surface area contributed by atoms with E-state index in [0.717, 1.165) is 0 Å². The largest absolute Gasteiger partial charge is 0.449 e. The summed E-state index contributed by atoms with van der Waals surface area (Å²) in [6.07, 6.45) is -0.416. The predicted molar refractivity (Wildman–Crippen MR) is 64.8 cm³/mol. The molecular formula is C10H20NO6P. The van der Waals surface area contributed by atoms with E-state index in [1.807, 2.05) is 13.8 Å². The summed E-state index contributed by atoms with van der Waals surface area (Å²) in [4.78, 5) is 30.7. The summed E-state index contributed by atoms with van der Waals surface area (Å²) in [6, 6.07) is -0.345. The minimum Gasteiger partial charge on any atom is -0.449 e. The number of ether oxygens (including phenoxy) is 2. The van der Waals surface area contributed by atoms with Crippen LogP contribution in [0.4, 0.5) is 4.79 Å². The first kappa shape index (κ1) is 15.6. The summed E-state index contributed by atoms with van der Waals surface area (Å²) >= 11 is 0. The van der Waals surface area contributed by atoms with Gasteiger partial charge in [-0.05, 0) is 5.92 Å². The Morgan fingerprint density at radius 2 is 2.28 bits per heavy atom. The third-order valence-corrected chi connectivity index (χ3v) is 2.76. The molecule has 106 valence electrons. The van der Waals surface area contributed by atoms with Gasteiger partial charge in [-0.1, -0.05) is 13.8 Å². The second-order valence-electron chi connectivity index (χ2n) is 4.44. The second kappa shape index (κ2) is 7.86. The van der Waals surface area contributed by atoms with Crippen molar-refractivity contribution in [3.63, 3.8) is 0 Å². The first-order valence-corrected chi connectivity index (χ1v) is 6.99. The van der Waals surface area contributed by atoms with E-state index in [1.165, 1.54) is 4.90 Å². The molecule has 0 saturated carbocycles. The number of morpholine rings is 1. The lowest BCUT2D eigenvalue weighted by Crippen LogP contribution is -2.51. The highest BCUT2D eigenvalue weighted by Gasteiger charge is 2.29. The summed E-state index contributed by atoms with van der Waals surface area (Å²) < 4.78 is 15.1. The van der Waals surface area contributed by atoms with Crippen LogP contribution in [0.2, 0.25) is 0 Å². The summed E-state index contributed by atoms with van der Waals surface area (Å²) in [5, 5.41) is 0. The number of nitrogens with zero attached hydrogens (tertiary/aromatic N) is 1. The molecule has 1 unspecified atom stereocenters. The Labute approximate surface area is 108 Å². The first-order chi connectivity index (χ1) is 8.50. The van der Waals surface area contributed by atoms with E-state index in [1.54, 1.807) is 0 Å². The van der Waals surface area contributed by atoms with Crippen molar-refractivity contribution in [2.45, 2.75) is 19.9 Å². The molecule has 0 radical (unpaired) electrons. The van der Waals surface area contributed by atoms with E-state index < -0.39 is 14.7 Å². The van der Waals surface area contributed by atoms with Crippen LogP contribution in [0.5, 0.6) is 0 Å². The zero-order chi connectivity index (χ0) is 13.5. The predicted octanol–water partition coefficient (Wildman–Crippen LogP) is 0.708. The molecule has 0 aromatic carbocycles. The van der Waals surface area contributed by atoms with Crippen LogP contribution >= 0.6 is 8.60 Å². The van der Waals surface area contributed by atoms with Gasteiger partial charge < -0.3 is 23.8 Å². The average Bonchev–Trinajstić information content (AvgIpc) is 2.33. The Bertz CT molecular complexity index is 263. The minimum atomic E-state index is -2.42. The average molecular weight is 281 g/mol. The van der Waals surface area contributed by atoms with E-state index in [9.17, 15) is 4.79 Å². The number of hydrogen-bond donors (Lipinski definition) is 2. The fourth-order valence-electron chi connectivity index (χ4n) is 1.51. The molecule has 0 spiro atoms.